The van der Waals surface area contributed by atoms with Gasteiger partial charge in [0.05, 0.1) is 52.9 Å². The summed E-state index contributed by atoms with van der Waals surface area (Å²) in [5.74, 6) is 0. The molecule has 2 heterocycles. The Hall–Kier alpha value is -6.63. The molecule has 2 aliphatic rings. The minimum Gasteiger partial charge on any atom is -0.399 e. The Morgan fingerprint density at radius 2 is 0.636 bits per heavy atom. The summed E-state index contributed by atoms with van der Waals surface area (Å²) in [4.78, 5) is 25.3. The second-order valence-corrected chi connectivity index (χ2v) is 18.6. The van der Waals surface area contributed by atoms with Crippen LogP contribution in [0.2, 0.25) is 0 Å². The second kappa shape index (κ2) is 29.8. The van der Waals surface area contributed by atoms with Crippen molar-refractivity contribution in [3.05, 3.63) is 251 Å². The summed E-state index contributed by atoms with van der Waals surface area (Å²) in [5.41, 5.74) is 6.51. The molecule has 0 radical (unpaired) electrons. The smallest absolute Gasteiger partial charge is 0.399 e. The molecular formula is C63H66O14. The number of hydrogen-bond donors (Lipinski definition) is 0. The van der Waals surface area contributed by atoms with Gasteiger partial charge in [-0.05, 0) is 38.9 Å². The molecule has 2 aliphatic heterocycles. The van der Waals surface area contributed by atoms with E-state index in [1.807, 2.05) is 212 Å². The predicted octanol–water partition coefficient (Wildman–Crippen LogP) is 10.9. The summed E-state index contributed by atoms with van der Waals surface area (Å²) in [7, 11) is 1.53. The van der Waals surface area contributed by atoms with Crippen LogP contribution in [0.4, 0.5) is 4.79 Å². The van der Waals surface area contributed by atoms with Crippen molar-refractivity contribution >= 4 is 6.16 Å². The number of benzene rings is 7. The Morgan fingerprint density at radius 1 is 0.351 bits per heavy atom. The van der Waals surface area contributed by atoms with E-state index in [-0.39, 0.29) is 59.5 Å². The Bertz CT molecular complexity index is 2710. The molecule has 0 bridgehead atoms. The summed E-state index contributed by atoms with van der Waals surface area (Å²) < 4.78 is 71.9. The normalized spacial score (nSPS) is 23.2. The van der Waals surface area contributed by atoms with Gasteiger partial charge >= 0.3 is 6.16 Å². The van der Waals surface area contributed by atoms with Crippen molar-refractivity contribution in [2.24, 2.45) is 0 Å². The molecule has 2 saturated heterocycles. The summed E-state index contributed by atoms with van der Waals surface area (Å²) in [6, 6.07) is 68.4. The first-order valence-corrected chi connectivity index (χ1v) is 25.9. The van der Waals surface area contributed by atoms with Gasteiger partial charge in [0.2, 0.25) is 6.29 Å². The molecule has 77 heavy (non-hydrogen) atoms. The van der Waals surface area contributed by atoms with E-state index in [0.29, 0.717) is 0 Å². The molecule has 0 aliphatic carbocycles. The lowest BCUT2D eigenvalue weighted by molar-refractivity contribution is -0.354. The van der Waals surface area contributed by atoms with Gasteiger partial charge in [0, 0.05) is 7.11 Å². The molecule has 0 amide bonds. The third kappa shape index (κ3) is 16.7. The third-order valence-electron chi connectivity index (χ3n) is 13.1. The van der Waals surface area contributed by atoms with Crippen molar-refractivity contribution in [2.45, 2.75) is 108 Å². The molecular weight excluding hydrogens is 981 g/mol. The van der Waals surface area contributed by atoms with Crippen LogP contribution in [0.5, 0.6) is 0 Å². The number of rotatable bonds is 27. The summed E-state index contributed by atoms with van der Waals surface area (Å²) in [5, 5.41) is 0. The zero-order valence-electron chi connectivity index (χ0n) is 43.1. The number of carbonyl (C=O) groups excluding carboxylic acids is 1. The van der Waals surface area contributed by atoms with Crippen molar-refractivity contribution in [1.29, 1.82) is 0 Å². The standard InChI is InChI=1S/C63H66O14/c1-65-61-59(71-42-51-33-19-7-20-34-51)57(69-40-49-29-15-5-16-30-49)56(68-39-48-27-13-4-14-28-48)54(74-61)45-73-77-63(64)76-62-60(72-43-52-35-21-8-22-36-52)58(70-41-50-31-17-6-18-32-50)55(67-38-47-25-11-3-12-26-47)53(75-62)44-66-37-46-23-9-2-10-24-46/h2-36,53-62H,37-45H2,1H3/t53-,54-,55-,56-,57+,58+,59-,60-,61+,62-/m1/s1. The van der Waals surface area contributed by atoms with Crippen LogP contribution in [-0.2, 0) is 108 Å². The highest BCUT2D eigenvalue weighted by Crippen LogP contribution is 2.34. The van der Waals surface area contributed by atoms with E-state index in [0.717, 1.165) is 38.9 Å². The van der Waals surface area contributed by atoms with Crippen LogP contribution in [0.1, 0.15) is 38.9 Å². The molecule has 0 aromatic heterocycles. The lowest BCUT2D eigenvalue weighted by Crippen LogP contribution is -2.62. The van der Waals surface area contributed by atoms with E-state index in [9.17, 15) is 4.79 Å². The van der Waals surface area contributed by atoms with Crippen LogP contribution in [0.15, 0.2) is 212 Å². The van der Waals surface area contributed by atoms with Gasteiger partial charge in [-0.3, -0.25) is 4.89 Å². The fourth-order valence-corrected chi connectivity index (χ4v) is 9.18. The quantitative estimate of drug-likeness (QED) is 0.0274. The van der Waals surface area contributed by atoms with Crippen LogP contribution >= 0.6 is 0 Å². The van der Waals surface area contributed by atoms with Gasteiger partial charge in [0.25, 0.3) is 0 Å². The number of carbonyl (C=O) groups is 1. The van der Waals surface area contributed by atoms with Gasteiger partial charge in [0.1, 0.15) is 55.4 Å². The molecule has 402 valence electrons. The number of methoxy groups -OCH3 is 1. The first kappa shape index (κ1) is 55.1. The van der Waals surface area contributed by atoms with Crippen LogP contribution in [0.3, 0.4) is 0 Å². The van der Waals surface area contributed by atoms with E-state index in [1.165, 1.54) is 7.11 Å². The van der Waals surface area contributed by atoms with Crippen LogP contribution in [0.25, 0.3) is 0 Å². The second-order valence-electron chi connectivity index (χ2n) is 18.6. The SMILES string of the molecule is CO[C@H]1O[C@H](COOC(=O)O[C@H]2O[C@H](COCc3ccccc3)[C@@H](OCc3ccccc3)[C@H](OCc3ccccc3)[C@H]2OCc2ccccc2)[C@@H](OCc2ccccc2)[C@H](OCc2ccccc2)[C@H]1OCc1ccccc1. The number of ether oxygens (including phenoxy) is 11. The highest BCUT2D eigenvalue weighted by Gasteiger charge is 2.52. The average molecular weight is 1050 g/mol. The molecule has 7 aromatic rings. The van der Waals surface area contributed by atoms with Crippen molar-refractivity contribution in [2.75, 3.05) is 20.3 Å². The van der Waals surface area contributed by atoms with Gasteiger partial charge in [-0.15, -0.1) is 0 Å². The fraction of sp³-hybridized carbons (Fsp3) is 0.317. The topological polar surface area (TPSA) is 137 Å². The van der Waals surface area contributed by atoms with Crippen LogP contribution < -0.4 is 0 Å². The average Bonchev–Trinajstić information content (AvgIpc) is 3.50. The van der Waals surface area contributed by atoms with Crippen molar-refractivity contribution in [3.63, 3.8) is 0 Å². The lowest BCUT2D eigenvalue weighted by atomic mass is 9.97. The van der Waals surface area contributed by atoms with Crippen molar-refractivity contribution < 1.29 is 66.7 Å². The van der Waals surface area contributed by atoms with Gasteiger partial charge < -0.3 is 52.1 Å². The highest BCUT2D eigenvalue weighted by molar-refractivity contribution is 5.59. The van der Waals surface area contributed by atoms with Gasteiger partial charge in [-0.1, -0.05) is 212 Å². The summed E-state index contributed by atoms with van der Waals surface area (Å²) in [6.07, 6.45) is -10.3. The Balaban J connectivity index is 0.960. The first-order chi connectivity index (χ1) is 38.1. The molecule has 9 rings (SSSR count). The zero-order valence-corrected chi connectivity index (χ0v) is 43.1. The van der Waals surface area contributed by atoms with Crippen LogP contribution in [0, 0.1) is 0 Å². The molecule has 14 nitrogen and oxygen atoms in total. The maximum atomic E-state index is 14.1. The molecule has 0 unspecified atom stereocenters. The molecule has 0 N–H and O–H groups in total. The molecule has 10 atom stereocenters. The lowest BCUT2D eigenvalue weighted by Gasteiger charge is -2.45. The molecule has 7 aromatic carbocycles. The monoisotopic (exact) mass is 1050 g/mol. The summed E-state index contributed by atoms with van der Waals surface area (Å²) >= 11 is 0. The van der Waals surface area contributed by atoms with E-state index in [4.69, 9.17) is 61.9 Å². The van der Waals surface area contributed by atoms with Gasteiger partial charge in [0.15, 0.2) is 6.29 Å². The van der Waals surface area contributed by atoms with Gasteiger partial charge in [-0.2, -0.15) is 4.89 Å². The number of hydrogen-bond acceptors (Lipinski definition) is 14. The van der Waals surface area contributed by atoms with E-state index >= 15 is 0 Å². The maximum absolute atomic E-state index is 14.1. The van der Waals surface area contributed by atoms with Crippen molar-refractivity contribution in [1.82, 2.24) is 0 Å². The fourth-order valence-electron chi connectivity index (χ4n) is 9.18. The molecule has 0 saturated carbocycles. The van der Waals surface area contributed by atoms with E-state index < -0.39 is 67.6 Å². The Kier molecular flexibility index (Phi) is 21.3. The zero-order chi connectivity index (χ0) is 52.7. The minimum atomic E-state index is -1.40. The summed E-state index contributed by atoms with van der Waals surface area (Å²) in [6.45, 7) is 1.23. The van der Waals surface area contributed by atoms with Gasteiger partial charge in [-0.25, -0.2) is 4.79 Å². The minimum absolute atomic E-state index is 0.0456. The third-order valence-corrected chi connectivity index (χ3v) is 13.1. The Morgan fingerprint density at radius 3 is 0.987 bits per heavy atom. The molecule has 2 fully saturated rings. The maximum Gasteiger partial charge on any atom is 0.542 e. The van der Waals surface area contributed by atoms with Crippen molar-refractivity contribution in [3.8, 4) is 0 Å². The van der Waals surface area contributed by atoms with E-state index in [2.05, 4.69) is 0 Å². The molecule has 0 spiro atoms. The van der Waals surface area contributed by atoms with E-state index in [1.54, 1.807) is 0 Å². The predicted molar refractivity (Wildman–Crippen MR) is 284 cm³/mol. The largest absolute Gasteiger partial charge is 0.542 e. The highest BCUT2D eigenvalue weighted by atomic mass is 17.2. The Labute approximate surface area is 450 Å². The molecule has 14 heteroatoms. The first-order valence-electron chi connectivity index (χ1n) is 25.9. The van der Waals surface area contributed by atoms with Crippen LogP contribution in [-0.4, -0.2) is 87.9 Å².